The summed E-state index contributed by atoms with van der Waals surface area (Å²) in [4.78, 5) is 39.6. The summed E-state index contributed by atoms with van der Waals surface area (Å²) in [5.41, 5.74) is -0.741. The molecule has 152 valence electrons. The number of hydrogen-bond acceptors (Lipinski definition) is 5. The van der Waals surface area contributed by atoms with Gasteiger partial charge in [0.1, 0.15) is 12.2 Å². The average molecular weight is 390 g/mol. The molecular weight excluding hydrogens is 364 g/mol. The largest absolute Gasteiger partial charge is 0.481 e. The van der Waals surface area contributed by atoms with Gasteiger partial charge in [-0.1, -0.05) is 30.3 Å². The Bertz CT molecular complexity index is 752. The van der Waals surface area contributed by atoms with Gasteiger partial charge in [-0.3, -0.25) is 9.69 Å². The first kappa shape index (κ1) is 20.0. The van der Waals surface area contributed by atoms with Crippen molar-refractivity contribution in [3.8, 4) is 0 Å². The summed E-state index contributed by atoms with van der Waals surface area (Å²) in [6, 6.07) is 9.27. The van der Waals surface area contributed by atoms with Crippen LogP contribution in [-0.4, -0.2) is 63.8 Å². The third kappa shape index (κ3) is 3.90. The summed E-state index contributed by atoms with van der Waals surface area (Å²) < 4.78 is 10.8. The Morgan fingerprint density at radius 1 is 1.14 bits per heavy atom. The van der Waals surface area contributed by atoms with Crippen LogP contribution >= 0.6 is 0 Å². The number of likely N-dealkylation sites (tertiary alicyclic amines) is 2. The Balaban J connectivity index is 1.68. The standard InChI is InChI=1S/C20H26N2O6/c1-19(2,3)28-17(25)21-12-20(13-21)15(16(23)24)9-10-22(20)18(26)27-11-14-7-5-4-6-8-14/h4-8,15H,9-13H2,1-3H3,(H,23,24). The molecule has 2 saturated heterocycles. The van der Waals surface area contributed by atoms with Crippen LogP contribution in [-0.2, 0) is 20.9 Å². The summed E-state index contributed by atoms with van der Waals surface area (Å²) in [5, 5.41) is 9.62. The minimum absolute atomic E-state index is 0.111. The zero-order valence-electron chi connectivity index (χ0n) is 16.4. The summed E-state index contributed by atoms with van der Waals surface area (Å²) in [6.45, 7) is 5.95. The van der Waals surface area contributed by atoms with E-state index < -0.39 is 35.2 Å². The van der Waals surface area contributed by atoms with Gasteiger partial charge >= 0.3 is 18.2 Å². The lowest BCUT2D eigenvalue weighted by molar-refractivity contribution is -0.149. The zero-order valence-corrected chi connectivity index (χ0v) is 16.4. The smallest absolute Gasteiger partial charge is 0.410 e. The highest BCUT2D eigenvalue weighted by Gasteiger charge is 2.62. The van der Waals surface area contributed by atoms with Crippen LogP contribution in [0.1, 0.15) is 32.8 Å². The molecule has 1 aromatic rings. The number of aliphatic carboxylic acids is 1. The Morgan fingerprint density at radius 3 is 2.36 bits per heavy atom. The van der Waals surface area contributed by atoms with Crippen molar-refractivity contribution in [1.29, 1.82) is 0 Å². The normalized spacial score (nSPS) is 20.6. The molecule has 2 amide bonds. The van der Waals surface area contributed by atoms with Crippen LogP contribution in [0.5, 0.6) is 0 Å². The van der Waals surface area contributed by atoms with Gasteiger partial charge in [-0.05, 0) is 32.8 Å². The Labute approximate surface area is 164 Å². The molecule has 2 heterocycles. The lowest BCUT2D eigenvalue weighted by Gasteiger charge is -2.53. The molecular formula is C20H26N2O6. The Hall–Kier alpha value is -2.77. The van der Waals surface area contributed by atoms with Gasteiger partial charge in [-0.25, -0.2) is 9.59 Å². The Kier molecular flexibility index (Phi) is 5.23. The maximum atomic E-state index is 12.7. The van der Waals surface area contributed by atoms with Gasteiger partial charge in [0.25, 0.3) is 0 Å². The second-order valence-corrected chi connectivity index (χ2v) is 8.31. The molecule has 8 nitrogen and oxygen atoms in total. The molecule has 0 aromatic heterocycles. The lowest BCUT2D eigenvalue weighted by atomic mass is 9.78. The topological polar surface area (TPSA) is 96.4 Å². The molecule has 2 aliphatic rings. The molecule has 0 aliphatic carbocycles. The van der Waals surface area contributed by atoms with Crippen LogP contribution in [0.4, 0.5) is 9.59 Å². The van der Waals surface area contributed by atoms with Crippen molar-refractivity contribution >= 4 is 18.2 Å². The molecule has 1 aromatic carbocycles. The second kappa shape index (κ2) is 7.33. The summed E-state index contributed by atoms with van der Waals surface area (Å²) in [7, 11) is 0. The summed E-state index contributed by atoms with van der Waals surface area (Å²) in [5.74, 6) is -1.71. The van der Waals surface area contributed by atoms with Crippen LogP contribution < -0.4 is 0 Å². The van der Waals surface area contributed by atoms with E-state index in [4.69, 9.17) is 9.47 Å². The predicted octanol–water partition coefficient (Wildman–Crippen LogP) is 2.72. The number of amides is 2. The molecule has 1 spiro atoms. The molecule has 28 heavy (non-hydrogen) atoms. The number of carbonyl (C=O) groups is 3. The number of carboxylic acid groups (broad SMARTS) is 1. The third-order valence-corrected chi connectivity index (χ3v) is 5.13. The fraction of sp³-hybridized carbons (Fsp3) is 0.550. The molecule has 8 heteroatoms. The Morgan fingerprint density at radius 2 is 1.79 bits per heavy atom. The van der Waals surface area contributed by atoms with Crippen molar-refractivity contribution < 1.29 is 29.0 Å². The highest BCUT2D eigenvalue weighted by molar-refractivity contribution is 5.79. The quantitative estimate of drug-likeness (QED) is 0.852. The SMILES string of the molecule is CC(C)(C)OC(=O)N1CC2(C1)C(C(=O)O)CCN2C(=O)OCc1ccccc1. The van der Waals surface area contributed by atoms with E-state index >= 15 is 0 Å². The van der Waals surface area contributed by atoms with Gasteiger partial charge in [-0.15, -0.1) is 0 Å². The number of carboxylic acids is 1. The van der Waals surface area contributed by atoms with E-state index in [0.717, 1.165) is 5.56 Å². The van der Waals surface area contributed by atoms with Crippen LogP contribution in [0, 0.1) is 5.92 Å². The van der Waals surface area contributed by atoms with E-state index in [0.29, 0.717) is 6.42 Å². The maximum absolute atomic E-state index is 12.7. The molecule has 0 radical (unpaired) electrons. The van der Waals surface area contributed by atoms with Crippen LogP contribution in [0.2, 0.25) is 0 Å². The van der Waals surface area contributed by atoms with E-state index in [2.05, 4.69) is 0 Å². The molecule has 2 aliphatic heterocycles. The number of rotatable bonds is 3. The van der Waals surface area contributed by atoms with E-state index in [1.165, 1.54) is 9.80 Å². The van der Waals surface area contributed by atoms with E-state index in [1.54, 1.807) is 20.8 Å². The third-order valence-electron chi connectivity index (χ3n) is 5.13. The van der Waals surface area contributed by atoms with Crippen molar-refractivity contribution in [1.82, 2.24) is 9.80 Å². The fourth-order valence-corrected chi connectivity index (χ4v) is 3.82. The van der Waals surface area contributed by atoms with Crippen LogP contribution in [0.3, 0.4) is 0 Å². The maximum Gasteiger partial charge on any atom is 0.410 e. The molecule has 0 saturated carbocycles. The van der Waals surface area contributed by atoms with Crippen LogP contribution in [0.25, 0.3) is 0 Å². The second-order valence-electron chi connectivity index (χ2n) is 8.31. The monoisotopic (exact) mass is 390 g/mol. The minimum Gasteiger partial charge on any atom is -0.481 e. The predicted molar refractivity (Wildman–Crippen MR) is 99.6 cm³/mol. The molecule has 1 unspecified atom stereocenters. The molecule has 1 N–H and O–H groups in total. The van der Waals surface area contributed by atoms with E-state index in [9.17, 15) is 19.5 Å². The summed E-state index contributed by atoms with van der Waals surface area (Å²) >= 11 is 0. The first-order valence-corrected chi connectivity index (χ1v) is 9.31. The molecule has 0 bridgehead atoms. The lowest BCUT2D eigenvalue weighted by Crippen LogP contribution is -2.73. The minimum atomic E-state index is -0.970. The molecule has 2 fully saturated rings. The summed E-state index contributed by atoms with van der Waals surface area (Å²) in [6.07, 6.45) is -0.735. The first-order chi connectivity index (χ1) is 13.1. The van der Waals surface area contributed by atoms with Gasteiger partial charge < -0.3 is 19.5 Å². The molecule has 1 atom stereocenters. The average Bonchev–Trinajstić information content (AvgIpc) is 2.98. The van der Waals surface area contributed by atoms with Gasteiger partial charge in [0.15, 0.2) is 0 Å². The van der Waals surface area contributed by atoms with Crippen molar-refractivity contribution in [3.05, 3.63) is 35.9 Å². The number of carbonyl (C=O) groups excluding carboxylic acids is 2. The molecule has 3 rings (SSSR count). The van der Waals surface area contributed by atoms with Crippen LogP contribution in [0.15, 0.2) is 30.3 Å². The fourth-order valence-electron chi connectivity index (χ4n) is 3.82. The number of benzene rings is 1. The zero-order chi connectivity index (χ0) is 20.5. The van der Waals surface area contributed by atoms with Gasteiger partial charge in [-0.2, -0.15) is 0 Å². The van der Waals surface area contributed by atoms with Crippen molar-refractivity contribution in [2.45, 2.75) is 44.9 Å². The van der Waals surface area contributed by atoms with Crippen molar-refractivity contribution in [2.75, 3.05) is 19.6 Å². The van der Waals surface area contributed by atoms with E-state index in [-0.39, 0.29) is 26.2 Å². The van der Waals surface area contributed by atoms with Gasteiger partial charge in [0.2, 0.25) is 0 Å². The highest BCUT2D eigenvalue weighted by atomic mass is 16.6. The number of nitrogens with zero attached hydrogens (tertiary/aromatic N) is 2. The van der Waals surface area contributed by atoms with Gasteiger partial charge in [0.05, 0.1) is 24.5 Å². The number of hydrogen-bond donors (Lipinski definition) is 1. The van der Waals surface area contributed by atoms with Crippen molar-refractivity contribution in [2.24, 2.45) is 5.92 Å². The van der Waals surface area contributed by atoms with Crippen molar-refractivity contribution in [3.63, 3.8) is 0 Å². The highest BCUT2D eigenvalue weighted by Crippen LogP contribution is 2.43. The first-order valence-electron chi connectivity index (χ1n) is 9.31. The van der Waals surface area contributed by atoms with Gasteiger partial charge in [0, 0.05) is 6.54 Å². The van der Waals surface area contributed by atoms with E-state index in [1.807, 2.05) is 30.3 Å². The number of ether oxygens (including phenoxy) is 2.